The normalized spacial score (nSPS) is 18.0. The zero-order valence-corrected chi connectivity index (χ0v) is 8.65. The van der Waals surface area contributed by atoms with E-state index in [2.05, 4.69) is 0 Å². The molecule has 1 fully saturated rings. The van der Waals surface area contributed by atoms with Crippen molar-refractivity contribution < 1.29 is 17.6 Å². The van der Waals surface area contributed by atoms with E-state index < -0.39 is 17.6 Å². The van der Waals surface area contributed by atoms with Gasteiger partial charge >= 0.3 is 6.18 Å². The van der Waals surface area contributed by atoms with Crippen molar-refractivity contribution in [2.45, 2.75) is 37.8 Å². The first-order chi connectivity index (χ1) is 7.48. The number of benzene rings is 1. The zero-order chi connectivity index (χ0) is 11.8. The molecule has 0 N–H and O–H groups in total. The van der Waals surface area contributed by atoms with Crippen LogP contribution in [0.4, 0.5) is 17.6 Å². The lowest BCUT2D eigenvalue weighted by atomic mass is 9.92. The van der Waals surface area contributed by atoms with Gasteiger partial charge in [-0.25, -0.2) is 4.39 Å². The second-order valence-electron chi connectivity index (χ2n) is 4.21. The van der Waals surface area contributed by atoms with Crippen molar-refractivity contribution in [1.82, 2.24) is 0 Å². The second-order valence-corrected chi connectivity index (χ2v) is 4.21. The van der Waals surface area contributed by atoms with Gasteiger partial charge < -0.3 is 0 Å². The van der Waals surface area contributed by atoms with Gasteiger partial charge in [0.2, 0.25) is 0 Å². The van der Waals surface area contributed by atoms with Crippen LogP contribution in [-0.2, 0) is 6.18 Å². The number of halogens is 4. The summed E-state index contributed by atoms with van der Waals surface area (Å²) in [5, 5.41) is 0. The Hall–Kier alpha value is -1.06. The Labute approximate surface area is 91.3 Å². The van der Waals surface area contributed by atoms with Gasteiger partial charge in [0.05, 0.1) is 5.56 Å². The fourth-order valence-electron chi connectivity index (χ4n) is 2.37. The summed E-state index contributed by atoms with van der Waals surface area (Å²) in [4.78, 5) is 0. The molecule has 1 aromatic rings. The van der Waals surface area contributed by atoms with Gasteiger partial charge in [0.25, 0.3) is 0 Å². The van der Waals surface area contributed by atoms with Crippen LogP contribution in [0.15, 0.2) is 18.2 Å². The molecular formula is C12H12F4. The maximum Gasteiger partial charge on any atom is 0.416 e. The summed E-state index contributed by atoms with van der Waals surface area (Å²) in [7, 11) is 0. The highest BCUT2D eigenvalue weighted by molar-refractivity contribution is 5.33. The lowest BCUT2D eigenvalue weighted by Gasteiger charge is -2.17. The molecule has 0 saturated heterocycles. The molecule has 0 spiro atoms. The molecule has 0 nitrogen and oxygen atoms in total. The van der Waals surface area contributed by atoms with Gasteiger partial charge in [-0.15, -0.1) is 0 Å². The summed E-state index contributed by atoms with van der Waals surface area (Å²) in [5.74, 6) is -0.720. The molecule has 1 saturated carbocycles. The first-order valence-corrected chi connectivity index (χ1v) is 5.35. The van der Waals surface area contributed by atoms with Crippen LogP contribution in [0.5, 0.6) is 0 Å². The summed E-state index contributed by atoms with van der Waals surface area (Å²) in [6.07, 6.45) is -1.07. The van der Waals surface area contributed by atoms with Crippen LogP contribution in [0.1, 0.15) is 42.7 Å². The van der Waals surface area contributed by atoms with Crippen LogP contribution in [0.2, 0.25) is 0 Å². The van der Waals surface area contributed by atoms with Gasteiger partial charge in [0, 0.05) is 0 Å². The van der Waals surface area contributed by atoms with Crippen LogP contribution in [0, 0.1) is 5.82 Å². The van der Waals surface area contributed by atoms with E-state index >= 15 is 0 Å². The molecule has 4 heteroatoms. The SMILES string of the molecule is Fc1ccc(C(F)(F)F)c(C2CCCC2)c1. The molecule has 1 aliphatic rings. The lowest BCUT2D eigenvalue weighted by Crippen LogP contribution is -2.11. The minimum atomic E-state index is -4.38. The molecule has 1 aromatic carbocycles. The fraction of sp³-hybridized carbons (Fsp3) is 0.500. The fourth-order valence-corrected chi connectivity index (χ4v) is 2.37. The molecule has 0 aromatic heterocycles. The Morgan fingerprint density at radius 1 is 1.06 bits per heavy atom. The van der Waals surface area contributed by atoms with Crippen molar-refractivity contribution in [3.05, 3.63) is 35.1 Å². The van der Waals surface area contributed by atoms with Crippen molar-refractivity contribution in [3.8, 4) is 0 Å². The highest BCUT2D eigenvalue weighted by Gasteiger charge is 2.35. The molecule has 0 heterocycles. The molecule has 1 aliphatic carbocycles. The standard InChI is InChI=1S/C12H12F4/c13-9-5-6-11(12(14,15)16)10(7-9)8-3-1-2-4-8/h5-8H,1-4H2. The van der Waals surface area contributed by atoms with Gasteiger partial charge in [-0.3, -0.25) is 0 Å². The van der Waals surface area contributed by atoms with Gasteiger partial charge in [0.15, 0.2) is 0 Å². The van der Waals surface area contributed by atoms with E-state index in [0.717, 1.165) is 43.9 Å². The summed E-state index contributed by atoms with van der Waals surface area (Å²) < 4.78 is 51.2. The monoisotopic (exact) mass is 232 g/mol. The molecule has 0 radical (unpaired) electrons. The molecule has 88 valence electrons. The minimum absolute atomic E-state index is 0.130. The van der Waals surface area contributed by atoms with E-state index in [4.69, 9.17) is 0 Å². The topological polar surface area (TPSA) is 0 Å². The van der Waals surface area contributed by atoms with E-state index in [-0.39, 0.29) is 11.5 Å². The van der Waals surface area contributed by atoms with Gasteiger partial charge in [-0.05, 0) is 42.5 Å². The predicted molar refractivity (Wildman–Crippen MR) is 52.6 cm³/mol. The first-order valence-electron chi connectivity index (χ1n) is 5.35. The maximum atomic E-state index is 13.0. The molecule has 0 unspecified atom stereocenters. The first kappa shape index (κ1) is 11.4. The molecular weight excluding hydrogens is 220 g/mol. The second kappa shape index (κ2) is 4.07. The van der Waals surface area contributed by atoms with Crippen molar-refractivity contribution >= 4 is 0 Å². The molecule has 0 bridgehead atoms. The largest absolute Gasteiger partial charge is 0.416 e. The molecule has 0 atom stereocenters. The molecule has 0 amide bonds. The number of hydrogen-bond donors (Lipinski definition) is 0. The van der Waals surface area contributed by atoms with Crippen molar-refractivity contribution in [3.63, 3.8) is 0 Å². The molecule has 2 rings (SSSR count). The van der Waals surface area contributed by atoms with Crippen LogP contribution < -0.4 is 0 Å². The maximum absolute atomic E-state index is 13.0. The van der Waals surface area contributed by atoms with E-state index in [0.29, 0.717) is 0 Å². The summed E-state index contributed by atoms with van der Waals surface area (Å²) in [5.41, 5.74) is -0.550. The predicted octanol–water partition coefficient (Wildman–Crippen LogP) is 4.50. The Bertz CT molecular complexity index is 375. The van der Waals surface area contributed by atoms with Gasteiger partial charge in [-0.2, -0.15) is 13.2 Å². The average Bonchev–Trinajstić information content (AvgIpc) is 2.68. The quantitative estimate of drug-likeness (QED) is 0.625. The molecule has 16 heavy (non-hydrogen) atoms. The third kappa shape index (κ3) is 2.20. The Morgan fingerprint density at radius 2 is 1.69 bits per heavy atom. The third-order valence-electron chi connectivity index (χ3n) is 3.11. The van der Waals surface area contributed by atoms with E-state index in [1.807, 2.05) is 0 Å². The van der Waals surface area contributed by atoms with E-state index in [1.165, 1.54) is 0 Å². The van der Waals surface area contributed by atoms with Crippen molar-refractivity contribution in [2.24, 2.45) is 0 Å². The Kier molecular flexibility index (Phi) is 2.91. The van der Waals surface area contributed by atoms with Gasteiger partial charge in [0.1, 0.15) is 5.82 Å². The van der Waals surface area contributed by atoms with E-state index in [1.54, 1.807) is 0 Å². The van der Waals surface area contributed by atoms with Crippen LogP contribution in [0.25, 0.3) is 0 Å². The summed E-state index contributed by atoms with van der Waals surface area (Å²) >= 11 is 0. The minimum Gasteiger partial charge on any atom is -0.207 e. The van der Waals surface area contributed by atoms with Crippen molar-refractivity contribution in [2.75, 3.05) is 0 Å². The van der Waals surface area contributed by atoms with Crippen LogP contribution in [0.3, 0.4) is 0 Å². The zero-order valence-electron chi connectivity index (χ0n) is 8.65. The van der Waals surface area contributed by atoms with Gasteiger partial charge in [-0.1, -0.05) is 12.8 Å². The number of hydrogen-bond acceptors (Lipinski definition) is 0. The Morgan fingerprint density at radius 3 is 2.25 bits per heavy atom. The number of rotatable bonds is 1. The average molecular weight is 232 g/mol. The highest BCUT2D eigenvalue weighted by atomic mass is 19.4. The number of alkyl halides is 3. The van der Waals surface area contributed by atoms with Crippen molar-refractivity contribution in [1.29, 1.82) is 0 Å². The Balaban J connectivity index is 2.43. The third-order valence-corrected chi connectivity index (χ3v) is 3.11. The highest BCUT2D eigenvalue weighted by Crippen LogP contribution is 2.41. The summed E-state index contributed by atoms with van der Waals surface area (Å²) in [6.45, 7) is 0. The van der Waals surface area contributed by atoms with Crippen LogP contribution in [-0.4, -0.2) is 0 Å². The van der Waals surface area contributed by atoms with Crippen LogP contribution >= 0.6 is 0 Å². The smallest absolute Gasteiger partial charge is 0.207 e. The lowest BCUT2D eigenvalue weighted by molar-refractivity contribution is -0.138. The summed E-state index contributed by atoms with van der Waals surface area (Å²) in [6, 6.07) is 2.77. The van der Waals surface area contributed by atoms with E-state index in [9.17, 15) is 17.6 Å². The molecule has 0 aliphatic heterocycles.